The van der Waals surface area contributed by atoms with Crippen molar-refractivity contribution >= 4 is 40.7 Å². The third-order valence-corrected chi connectivity index (χ3v) is 1.51. The van der Waals surface area contributed by atoms with E-state index in [4.69, 9.17) is 0 Å². The number of nitrogens with zero attached hydrogens (tertiary/aromatic N) is 1. The molecule has 0 aliphatic carbocycles. The number of pyridine rings is 1. The topological polar surface area (TPSA) is 12.9 Å². The summed E-state index contributed by atoms with van der Waals surface area (Å²) in [5.74, 6) is 0. The molecule has 0 saturated carbocycles. The molecular weight excluding hydrogens is 185 g/mol. The summed E-state index contributed by atoms with van der Waals surface area (Å²) < 4.78 is 0. The van der Waals surface area contributed by atoms with E-state index in [2.05, 4.69) is 17.1 Å². The van der Waals surface area contributed by atoms with E-state index in [1.807, 2.05) is 30.5 Å². The predicted octanol–water partition coefficient (Wildman–Crippen LogP) is 1.47. The maximum Gasteiger partial charge on any atom is 0.187 e. The number of rotatable bonds is 0. The number of para-hydroxylation sites is 1. The zero-order chi connectivity index (χ0) is 6.81. The lowest BCUT2D eigenvalue weighted by Crippen LogP contribution is -1.73. The fourth-order valence-electron chi connectivity index (χ4n) is 1.02. The highest BCUT2D eigenvalue weighted by Gasteiger charge is 1.86. The van der Waals surface area contributed by atoms with E-state index in [0.717, 1.165) is 5.52 Å². The summed E-state index contributed by atoms with van der Waals surface area (Å²) >= 11 is 0. The highest BCUT2D eigenvalue weighted by atomic mass is 35.5. The number of hydrogen-bond donors (Lipinski definition) is 0. The summed E-state index contributed by atoms with van der Waals surface area (Å²) in [6, 6.07) is 12.1. The first-order chi connectivity index (χ1) is 4.97. The van der Waals surface area contributed by atoms with Crippen LogP contribution in [-0.4, -0.2) is 22.3 Å². The second kappa shape index (κ2) is 5.16. The molecule has 1 aromatic carbocycles. The van der Waals surface area contributed by atoms with Gasteiger partial charge in [-0.25, -0.2) is 0 Å². The largest absolute Gasteiger partial charge is 0.256 e. The Morgan fingerprint density at radius 3 is 2.33 bits per heavy atom. The lowest BCUT2D eigenvalue weighted by molar-refractivity contribution is 1.41. The molecule has 0 fully saturated rings. The fourth-order valence-corrected chi connectivity index (χ4v) is 1.02. The van der Waals surface area contributed by atoms with E-state index in [1.54, 1.807) is 0 Å². The first-order valence-electron chi connectivity index (χ1n) is 3.26. The van der Waals surface area contributed by atoms with E-state index in [-0.39, 0.29) is 29.8 Å². The van der Waals surface area contributed by atoms with Crippen LogP contribution in [0, 0.1) is 0 Å². The van der Waals surface area contributed by atoms with Crippen LogP contribution in [0.3, 0.4) is 0 Å². The van der Waals surface area contributed by atoms with Crippen LogP contribution in [0.5, 0.6) is 0 Å². The van der Waals surface area contributed by atoms with Gasteiger partial charge in [-0.3, -0.25) is 4.98 Å². The molecule has 1 heterocycles. The van der Waals surface area contributed by atoms with Crippen LogP contribution < -0.4 is 0 Å². The number of hydrogen-bond acceptors (Lipinski definition) is 1. The van der Waals surface area contributed by atoms with Crippen LogP contribution in [0.4, 0.5) is 0 Å². The third kappa shape index (κ3) is 2.22. The van der Waals surface area contributed by atoms with E-state index in [1.165, 1.54) is 5.39 Å². The van der Waals surface area contributed by atoms with Crippen LogP contribution in [-0.2, 0) is 0 Å². The van der Waals surface area contributed by atoms with Gasteiger partial charge in [0.05, 0.1) is 5.52 Å². The zero-order valence-corrected chi connectivity index (χ0v) is 6.71. The van der Waals surface area contributed by atoms with Crippen molar-refractivity contribution in [3.05, 3.63) is 42.6 Å². The van der Waals surface area contributed by atoms with Crippen LogP contribution in [0.2, 0.25) is 0 Å². The Hall–Kier alpha value is -0.548. The minimum absolute atomic E-state index is 0. The van der Waals surface area contributed by atoms with Gasteiger partial charge in [0.25, 0.3) is 0 Å². The molecule has 2 aromatic rings. The Bertz CT molecular complexity index is 286. The molecule has 0 amide bonds. The molecule has 0 spiro atoms. The highest BCUT2D eigenvalue weighted by Crippen LogP contribution is 2.07. The molecule has 0 atom stereocenters. The quantitative estimate of drug-likeness (QED) is 0.581. The van der Waals surface area contributed by atoms with Crippen LogP contribution in [0.25, 0.3) is 10.9 Å². The Labute approximate surface area is 88.4 Å². The van der Waals surface area contributed by atoms with E-state index in [0.29, 0.717) is 0 Å². The first kappa shape index (κ1) is 11.5. The molecule has 3 heteroatoms. The van der Waals surface area contributed by atoms with Crippen LogP contribution in [0.1, 0.15) is 0 Å². The molecule has 0 unspecified atom stereocenters. The predicted molar refractivity (Wildman–Crippen MR) is 58.9 cm³/mol. The molecule has 62 valence electrons. The Morgan fingerprint density at radius 1 is 0.917 bits per heavy atom. The molecule has 0 aliphatic heterocycles. The minimum Gasteiger partial charge on any atom is -0.256 e. The molecule has 0 aliphatic rings. The second-order valence-corrected chi connectivity index (χ2v) is 2.20. The molecule has 1 nitrogen and oxygen atoms in total. The number of fused-ring (bicyclic) bond motifs is 1. The molecule has 0 saturated heterocycles. The van der Waals surface area contributed by atoms with Gasteiger partial charge in [0, 0.05) is 11.6 Å². The summed E-state index contributed by atoms with van der Waals surface area (Å²) in [6.45, 7) is 0. The minimum atomic E-state index is 0. The van der Waals surface area contributed by atoms with Gasteiger partial charge in [-0.05, 0) is 12.1 Å². The van der Waals surface area contributed by atoms with Gasteiger partial charge in [-0.1, -0.05) is 24.3 Å². The van der Waals surface area contributed by atoms with Crippen molar-refractivity contribution in [3.63, 3.8) is 0 Å². The maximum atomic E-state index is 4.18. The molecule has 0 radical (unpaired) electrons. The average Bonchev–Trinajstić information content (AvgIpc) is 2.05. The van der Waals surface area contributed by atoms with Crippen molar-refractivity contribution in [2.24, 2.45) is 0 Å². The lowest BCUT2D eigenvalue weighted by Gasteiger charge is -1.91. The monoisotopic (exact) mass is 195 g/mol. The van der Waals surface area contributed by atoms with E-state index in [9.17, 15) is 0 Å². The normalized spacial score (nSPS) is 8.33. The number of halogens is 1. The summed E-state index contributed by atoms with van der Waals surface area (Å²) in [5, 5.41) is 1.20. The summed E-state index contributed by atoms with van der Waals surface area (Å²) in [6.07, 6.45) is 1.81. The highest BCUT2D eigenvalue weighted by molar-refractivity contribution is 5.85. The Kier molecular flexibility index (Phi) is 4.93. The van der Waals surface area contributed by atoms with Crippen molar-refractivity contribution in [1.29, 1.82) is 0 Å². The summed E-state index contributed by atoms with van der Waals surface area (Å²) in [4.78, 5) is 4.18. The molecule has 0 bridgehead atoms. The van der Waals surface area contributed by atoms with Crippen molar-refractivity contribution in [2.45, 2.75) is 0 Å². The van der Waals surface area contributed by atoms with Gasteiger partial charge in [0.1, 0.15) is 0 Å². The zero-order valence-electron chi connectivity index (χ0n) is 5.90. The standard InChI is InChI=1S/C9H7N.Al.ClH.3H/c1-2-6-9-8(4-1)5-3-7-10-9;;;;;/h1-7H;;1H;;;. The molecular formula is C9H11AlClN. The Balaban J connectivity index is 0.000000605. The van der Waals surface area contributed by atoms with Crippen LogP contribution in [0.15, 0.2) is 42.6 Å². The van der Waals surface area contributed by atoms with Gasteiger partial charge in [0.2, 0.25) is 0 Å². The fraction of sp³-hybridized carbons (Fsp3) is 0. The van der Waals surface area contributed by atoms with Crippen molar-refractivity contribution in [2.75, 3.05) is 0 Å². The Morgan fingerprint density at radius 2 is 1.58 bits per heavy atom. The van der Waals surface area contributed by atoms with E-state index < -0.39 is 0 Å². The lowest BCUT2D eigenvalue weighted by atomic mass is 10.2. The van der Waals surface area contributed by atoms with Gasteiger partial charge in [0.15, 0.2) is 17.4 Å². The number of benzene rings is 1. The van der Waals surface area contributed by atoms with Crippen LogP contribution >= 0.6 is 12.4 Å². The van der Waals surface area contributed by atoms with Crippen molar-refractivity contribution in [1.82, 2.24) is 4.98 Å². The average molecular weight is 196 g/mol. The van der Waals surface area contributed by atoms with Gasteiger partial charge in [-0.15, -0.1) is 12.4 Å². The summed E-state index contributed by atoms with van der Waals surface area (Å²) in [5.41, 5.74) is 1.06. The van der Waals surface area contributed by atoms with Gasteiger partial charge < -0.3 is 0 Å². The molecule has 0 N–H and O–H groups in total. The molecule has 1 aromatic heterocycles. The van der Waals surface area contributed by atoms with Gasteiger partial charge in [-0.2, -0.15) is 0 Å². The smallest absolute Gasteiger partial charge is 0.187 e. The summed E-state index contributed by atoms with van der Waals surface area (Å²) in [7, 11) is 0. The molecule has 12 heavy (non-hydrogen) atoms. The molecule has 2 rings (SSSR count). The van der Waals surface area contributed by atoms with Crippen molar-refractivity contribution < 1.29 is 0 Å². The van der Waals surface area contributed by atoms with E-state index >= 15 is 0 Å². The third-order valence-electron chi connectivity index (χ3n) is 1.51. The van der Waals surface area contributed by atoms with Gasteiger partial charge >= 0.3 is 0 Å². The maximum absolute atomic E-state index is 4.18. The van der Waals surface area contributed by atoms with Crippen molar-refractivity contribution in [3.8, 4) is 0 Å². The SMILES string of the molecule is Cl.[AlH3].c1ccc2ncccc2c1. The second-order valence-electron chi connectivity index (χ2n) is 2.20. The first-order valence-corrected chi connectivity index (χ1v) is 3.26. The number of aromatic nitrogens is 1.